The predicted octanol–water partition coefficient (Wildman–Crippen LogP) is 7.24. The third kappa shape index (κ3) is 10.5. The number of hydrogen-bond acceptors (Lipinski definition) is 7. The van der Waals surface area contributed by atoms with Crippen LogP contribution in [0.25, 0.3) is 11.1 Å². The molecule has 52 heavy (non-hydrogen) atoms. The Bertz CT molecular complexity index is 1720. The number of benzene rings is 4. The van der Waals surface area contributed by atoms with Crippen LogP contribution in [-0.2, 0) is 38.6 Å². The summed E-state index contributed by atoms with van der Waals surface area (Å²) in [5.41, 5.74) is 6.77. The van der Waals surface area contributed by atoms with Crippen molar-refractivity contribution >= 4 is 12.0 Å². The molecule has 0 bridgehead atoms. The van der Waals surface area contributed by atoms with Crippen molar-refractivity contribution in [3.8, 4) is 11.1 Å². The minimum atomic E-state index is -0.807. The van der Waals surface area contributed by atoms with Crippen molar-refractivity contribution in [2.24, 2.45) is 0 Å². The minimum Gasteiger partial charge on any atom is -0.467 e. The van der Waals surface area contributed by atoms with E-state index < -0.39 is 24.3 Å². The van der Waals surface area contributed by atoms with Crippen LogP contribution in [0, 0.1) is 0 Å². The Kier molecular flexibility index (Phi) is 13.5. The van der Waals surface area contributed by atoms with Crippen LogP contribution in [0.5, 0.6) is 0 Å². The van der Waals surface area contributed by atoms with Gasteiger partial charge in [0.2, 0.25) is 0 Å². The third-order valence-corrected chi connectivity index (χ3v) is 9.97. The van der Waals surface area contributed by atoms with Gasteiger partial charge in [-0.25, -0.2) is 9.59 Å². The molecule has 274 valence electrons. The zero-order valence-electron chi connectivity index (χ0n) is 30.0. The Labute approximate surface area is 307 Å². The Morgan fingerprint density at radius 3 is 2.21 bits per heavy atom. The van der Waals surface area contributed by atoms with E-state index in [0.717, 1.165) is 65.0 Å². The highest BCUT2D eigenvalue weighted by Gasteiger charge is 2.33. The summed E-state index contributed by atoms with van der Waals surface area (Å²) < 4.78 is 18.3. The number of nitrogens with one attached hydrogen (secondary N) is 2. The zero-order valence-corrected chi connectivity index (χ0v) is 30.0. The van der Waals surface area contributed by atoms with E-state index in [2.05, 4.69) is 58.0 Å². The molecule has 4 aromatic rings. The third-order valence-electron chi connectivity index (χ3n) is 9.97. The number of rotatable bonds is 12. The number of ether oxygens (including phenoxy) is 3. The van der Waals surface area contributed by atoms with E-state index in [9.17, 15) is 14.7 Å². The second kappa shape index (κ2) is 18.8. The summed E-state index contributed by atoms with van der Waals surface area (Å²) in [6, 6.07) is 32.6. The van der Waals surface area contributed by atoms with E-state index in [1.165, 1.54) is 39.2 Å². The molecule has 4 unspecified atom stereocenters. The van der Waals surface area contributed by atoms with Crippen LogP contribution in [-0.4, -0.2) is 60.9 Å². The number of nitrogens with zero attached hydrogens (tertiary/aromatic N) is 1. The highest BCUT2D eigenvalue weighted by molar-refractivity contribution is 5.83. The summed E-state index contributed by atoms with van der Waals surface area (Å²) in [7, 11) is 1.32. The van der Waals surface area contributed by atoms with E-state index in [4.69, 9.17) is 14.2 Å². The Morgan fingerprint density at radius 1 is 0.788 bits per heavy atom. The molecule has 3 N–H and O–H groups in total. The van der Waals surface area contributed by atoms with Gasteiger partial charge in [-0.15, -0.1) is 0 Å². The number of hydrogen-bond donors (Lipinski definition) is 3. The maximum Gasteiger partial charge on any atom is 0.328 e. The van der Waals surface area contributed by atoms with Crippen molar-refractivity contribution in [1.82, 2.24) is 15.5 Å². The van der Waals surface area contributed by atoms with Crippen LogP contribution in [0.15, 0.2) is 103 Å². The van der Waals surface area contributed by atoms with Gasteiger partial charge in [-0.05, 0) is 71.4 Å². The van der Waals surface area contributed by atoms with Crippen LogP contribution in [0.4, 0.5) is 4.79 Å². The maximum atomic E-state index is 12.9. The van der Waals surface area contributed by atoms with Gasteiger partial charge in [0.25, 0.3) is 0 Å². The van der Waals surface area contributed by atoms with E-state index in [1.807, 2.05) is 60.7 Å². The molecule has 2 aliphatic heterocycles. The van der Waals surface area contributed by atoms with Crippen LogP contribution in [0.2, 0.25) is 0 Å². The van der Waals surface area contributed by atoms with Crippen molar-refractivity contribution in [3.63, 3.8) is 0 Å². The molecule has 9 nitrogen and oxygen atoms in total. The highest BCUT2D eigenvalue weighted by atomic mass is 16.7. The molecule has 0 aliphatic carbocycles. The van der Waals surface area contributed by atoms with Crippen molar-refractivity contribution < 1.29 is 28.9 Å². The Morgan fingerprint density at radius 2 is 1.48 bits per heavy atom. The number of urea groups is 1. The van der Waals surface area contributed by atoms with Crippen molar-refractivity contribution in [1.29, 1.82) is 0 Å². The van der Waals surface area contributed by atoms with Gasteiger partial charge in [0.05, 0.1) is 25.9 Å². The van der Waals surface area contributed by atoms with Crippen molar-refractivity contribution in [3.05, 3.63) is 131 Å². The number of amides is 2. The lowest BCUT2D eigenvalue weighted by molar-refractivity contribution is -0.253. The zero-order chi connectivity index (χ0) is 36.1. The number of methoxy groups -OCH3 is 1. The van der Waals surface area contributed by atoms with Gasteiger partial charge in [-0.2, -0.15) is 0 Å². The number of carbonyl (C=O) groups is 2. The molecular weight excluding hydrogens is 654 g/mol. The maximum absolute atomic E-state index is 12.9. The first-order valence-corrected chi connectivity index (χ1v) is 18.6. The molecule has 0 aromatic heterocycles. The normalized spacial score (nSPS) is 20.2. The molecule has 0 saturated carbocycles. The number of likely N-dealkylation sites (tertiary alicyclic amines) is 1. The number of carbonyl (C=O) groups excluding carboxylic acids is 2. The lowest BCUT2D eigenvalue weighted by Crippen LogP contribution is -2.47. The van der Waals surface area contributed by atoms with Crippen LogP contribution >= 0.6 is 0 Å². The molecule has 2 saturated heterocycles. The summed E-state index contributed by atoms with van der Waals surface area (Å²) in [6.45, 7) is 3.37. The van der Waals surface area contributed by atoms with E-state index in [0.29, 0.717) is 6.42 Å². The van der Waals surface area contributed by atoms with Crippen LogP contribution in [0.1, 0.15) is 78.7 Å². The average molecular weight is 706 g/mol. The van der Waals surface area contributed by atoms with Crippen molar-refractivity contribution in [2.75, 3.05) is 26.7 Å². The molecule has 6 rings (SSSR count). The fourth-order valence-corrected chi connectivity index (χ4v) is 7.12. The second-order valence-electron chi connectivity index (χ2n) is 13.8. The largest absolute Gasteiger partial charge is 0.467 e. The summed E-state index contributed by atoms with van der Waals surface area (Å²) >= 11 is 0. The fourth-order valence-electron chi connectivity index (χ4n) is 7.12. The fraction of sp³-hybridized carbons (Fsp3) is 0.395. The molecule has 2 aliphatic rings. The van der Waals surface area contributed by atoms with E-state index in [1.54, 1.807) is 0 Å². The first kappa shape index (κ1) is 37.2. The second-order valence-corrected chi connectivity index (χ2v) is 13.8. The molecule has 4 atom stereocenters. The average Bonchev–Trinajstić information content (AvgIpc) is 3.18. The first-order valence-electron chi connectivity index (χ1n) is 18.6. The molecule has 2 heterocycles. The molecular formula is C43H51N3O6. The van der Waals surface area contributed by atoms with Gasteiger partial charge >= 0.3 is 12.0 Å². The molecule has 0 radical (unpaired) electrons. The number of esters is 1. The smallest absolute Gasteiger partial charge is 0.328 e. The monoisotopic (exact) mass is 705 g/mol. The Hall–Kier alpha value is -4.54. The SMILES string of the molecule is COC(=O)C(Cc1ccccc1)NC(=O)NCc1cccc(-c2cccc(C3OC(CN4CCCCCCC4)CC(c4ccc(CO)cc4)O3)c2)c1. The van der Waals surface area contributed by atoms with Gasteiger partial charge in [0, 0.05) is 31.5 Å². The van der Waals surface area contributed by atoms with Crippen molar-refractivity contribution in [2.45, 2.75) is 82.6 Å². The molecule has 2 fully saturated rings. The van der Waals surface area contributed by atoms with E-state index >= 15 is 0 Å². The predicted molar refractivity (Wildman–Crippen MR) is 201 cm³/mol. The van der Waals surface area contributed by atoms with E-state index in [-0.39, 0.29) is 25.4 Å². The Balaban J connectivity index is 1.14. The van der Waals surface area contributed by atoms with Crippen LogP contribution < -0.4 is 10.6 Å². The quantitative estimate of drug-likeness (QED) is 0.133. The lowest BCUT2D eigenvalue weighted by atomic mass is 9.98. The lowest BCUT2D eigenvalue weighted by Gasteiger charge is -2.39. The number of aliphatic hydroxyl groups excluding tert-OH is 1. The summed E-state index contributed by atoms with van der Waals surface area (Å²) in [5.74, 6) is -0.499. The molecule has 9 heteroatoms. The summed E-state index contributed by atoms with van der Waals surface area (Å²) in [6.07, 6.45) is 6.78. The first-order chi connectivity index (χ1) is 25.5. The molecule has 0 spiro atoms. The van der Waals surface area contributed by atoms with Crippen LogP contribution in [0.3, 0.4) is 0 Å². The summed E-state index contributed by atoms with van der Waals surface area (Å²) in [4.78, 5) is 27.9. The summed E-state index contributed by atoms with van der Waals surface area (Å²) in [5, 5.41) is 15.3. The topological polar surface area (TPSA) is 109 Å². The van der Waals surface area contributed by atoms with Gasteiger partial charge in [0.1, 0.15) is 6.04 Å². The number of aliphatic hydroxyl groups is 1. The minimum absolute atomic E-state index is 0.0105. The van der Waals surface area contributed by atoms with Gasteiger partial charge in [-0.3, -0.25) is 0 Å². The van der Waals surface area contributed by atoms with Gasteiger partial charge in [0.15, 0.2) is 6.29 Å². The van der Waals surface area contributed by atoms with Gasteiger partial charge in [-0.1, -0.05) is 110 Å². The molecule has 4 aromatic carbocycles. The van der Waals surface area contributed by atoms with Gasteiger partial charge < -0.3 is 34.9 Å². The molecule has 2 amide bonds. The highest BCUT2D eigenvalue weighted by Crippen LogP contribution is 2.39. The standard InChI is InChI=1S/C43H51N3O6/c1-50-41(48)39(25-31-12-6-5-7-13-31)45-43(49)44-28-33-14-10-15-35(24-33)36-16-11-17-37(26-36)42-51-38(29-46-22-8-3-2-4-9-23-46)27-40(52-42)34-20-18-32(30-47)19-21-34/h5-7,10-21,24,26,38-40,42,47H,2-4,8-9,22-23,25,27-30H2,1H3,(H2,44,45,49).